The number of hydrogen-bond acceptors (Lipinski definition) is 2. The number of hydrogen-bond donors (Lipinski definition) is 2. The standard InChI is InChI=1S/C17H20FNO2/c1-5-12(4)17(14(18)6-2)19-15-8-7-11(3)9-13(15)10-16(20)21/h5-9,19H,1,10H2,2-4H3,(H,20,21)/b14-6+,17-12+. The van der Waals surface area contributed by atoms with E-state index in [1.807, 2.05) is 13.0 Å². The third-order valence-corrected chi connectivity index (χ3v) is 3.05. The van der Waals surface area contributed by atoms with Gasteiger partial charge in [0.25, 0.3) is 0 Å². The molecule has 0 fully saturated rings. The molecule has 0 unspecified atom stereocenters. The van der Waals surface area contributed by atoms with Crippen molar-refractivity contribution in [2.24, 2.45) is 0 Å². The molecule has 4 heteroatoms. The number of halogens is 1. The van der Waals surface area contributed by atoms with Crippen LogP contribution in [0.1, 0.15) is 25.0 Å². The van der Waals surface area contributed by atoms with Gasteiger partial charge in [-0.3, -0.25) is 4.79 Å². The SMILES string of the molecule is C=C/C(C)=C(Nc1ccc(C)cc1CC(=O)O)\C(F)=C/C. The van der Waals surface area contributed by atoms with E-state index in [0.29, 0.717) is 22.5 Å². The zero-order valence-electron chi connectivity index (χ0n) is 12.5. The topological polar surface area (TPSA) is 49.3 Å². The summed E-state index contributed by atoms with van der Waals surface area (Å²) in [6.07, 6.45) is 2.78. The van der Waals surface area contributed by atoms with Crippen LogP contribution < -0.4 is 5.32 Å². The predicted octanol–water partition coefficient (Wildman–Crippen LogP) is 4.37. The van der Waals surface area contributed by atoms with E-state index < -0.39 is 11.8 Å². The number of anilines is 1. The van der Waals surface area contributed by atoms with Crippen molar-refractivity contribution in [3.8, 4) is 0 Å². The second-order valence-electron chi connectivity index (χ2n) is 4.75. The number of aryl methyl sites for hydroxylation is 1. The summed E-state index contributed by atoms with van der Waals surface area (Å²) in [5, 5.41) is 12.0. The summed E-state index contributed by atoms with van der Waals surface area (Å²) in [5.74, 6) is -1.34. The maximum atomic E-state index is 14.0. The first-order chi connectivity index (χ1) is 9.88. The lowest BCUT2D eigenvalue weighted by molar-refractivity contribution is -0.136. The maximum Gasteiger partial charge on any atom is 0.307 e. The average Bonchev–Trinajstić information content (AvgIpc) is 2.44. The molecule has 0 heterocycles. The fourth-order valence-electron chi connectivity index (χ4n) is 1.88. The Balaban J connectivity index is 3.27. The van der Waals surface area contributed by atoms with Gasteiger partial charge in [-0.05, 0) is 44.1 Å². The Morgan fingerprint density at radius 1 is 1.48 bits per heavy atom. The lowest BCUT2D eigenvalue weighted by atomic mass is 10.1. The highest BCUT2D eigenvalue weighted by molar-refractivity contribution is 5.74. The highest BCUT2D eigenvalue weighted by Crippen LogP contribution is 2.25. The van der Waals surface area contributed by atoms with Crippen LogP contribution in [0.2, 0.25) is 0 Å². The van der Waals surface area contributed by atoms with Crippen LogP contribution in [0.5, 0.6) is 0 Å². The van der Waals surface area contributed by atoms with E-state index in [2.05, 4.69) is 11.9 Å². The molecule has 0 atom stereocenters. The number of carboxylic acids is 1. The van der Waals surface area contributed by atoms with E-state index in [4.69, 9.17) is 5.11 Å². The minimum Gasteiger partial charge on any atom is -0.481 e. The van der Waals surface area contributed by atoms with Crippen molar-refractivity contribution < 1.29 is 14.3 Å². The summed E-state index contributed by atoms with van der Waals surface area (Å²) in [6, 6.07) is 5.39. The lowest BCUT2D eigenvalue weighted by Gasteiger charge is -2.15. The smallest absolute Gasteiger partial charge is 0.307 e. The van der Waals surface area contributed by atoms with Gasteiger partial charge in [0.1, 0.15) is 5.83 Å². The molecule has 0 amide bonds. The maximum absolute atomic E-state index is 14.0. The Labute approximate surface area is 124 Å². The normalized spacial score (nSPS) is 12.7. The molecule has 0 spiro atoms. The van der Waals surface area contributed by atoms with Gasteiger partial charge in [0.05, 0.1) is 12.1 Å². The number of allylic oxidation sites excluding steroid dienone is 4. The molecule has 0 saturated carbocycles. The Bertz CT molecular complexity index is 615. The van der Waals surface area contributed by atoms with Gasteiger partial charge in [-0.25, -0.2) is 4.39 Å². The van der Waals surface area contributed by atoms with E-state index in [9.17, 15) is 9.18 Å². The highest BCUT2D eigenvalue weighted by atomic mass is 19.1. The largest absolute Gasteiger partial charge is 0.481 e. The van der Waals surface area contributed by atoms with Gasteiger partial charge in [0, 0.05) is 5.69 Å². The van der Waals surface area contributed by atoms with Crippen molar-refractivity contribution in [1.82, 2.24) is 0 Å². The summed E-state index contributed by atoms with van der Waals surface area (Å²) in [5.41, 5.74) is 3.08. The van der Waals surface area contributed by atoms with Crippen LogP contribution in [-0.4, -0.2) is 11.1 Å². The van der Waals surface area contributed by atoms with Gasteiger partial charge in [0.15, 0.2) is 0 Å². The minimum absolute atomic E-state index is 0.123. The van der Waals surface area contributed by atoms with E-state index in [-0.39, 0.29) is 6.42 Å². The number of rotatable bonds is 6. The number of carboxylic acid groups (broad SMARTS) is 1. The molecule has 0 saturated heterocycles. The third kappa shape index (κ3) is 4.60. The van der Waals surface area contributed by atoms with Crippen molar-refractivity contribution in [2.45, 2.75) is 27.2 Å². The number of aliphatic carboxylic acids is 1. The Morgan fingerprint density at radius 3 is 2.67 bits per heavy atom. The van der Waals surface area contributed by atoms with Gasteiger partial charge >= 0.3 is 5.97 Å². The zero-order valence-corrected chi connectivity index (χ0v) is 12.5. The summed E-state index contributed by atoms with van der Waals surface area (Å²) < 4.78 is 14.0. The van der Waals surface area contributed by atoms with Crippen molar-refractivity contribution in [3.05, 3.63) is 65.2 Å². The van der Waals surface area contributed by atoms with Crippen LogP contribution in [0, 0.1) is 6.92 Å². The van der Waals surface area contributed by atoms with E-state index in [1.165, 1.54) is 6.08 Å². The monoisotopic (exact) mass is 289 g/mol. The van der Waals surface area contributed by atoms with Crippen LogP contribution in [0.25, 0.3) is 0 Å². The Morgan fingerprint density at radius 2 is 2.14 bits per heavy atom. The predicted molar refractivity (Wildman–Crippen MR) is 83.9 cm³/mol. The molecule has 0 aliphatic heterocycles. The van der Waals surface area contributed by atoms with Gasteiger partial charge in [-0.2, -0.15) is 0 Å². The van der Waals surface area contributed by atoms with Gasteiger partial charge < -0.3 is 10.4 Å². The fourth-order valence-corrected chi connectivity index (χ4v) is 1.88. The molecule has 0 radical (unpaired) electrons. The summed E-state index contributed by atoms with van der Waals surface area (Å²) in [6.45, 7) is 8.86. The first kappa shape index (κ1) is 16.7. The second-order valence-corrected chi connectivity index (χ2v) is 4.75. The summed E-state index contributed by atoms with van der Waals surface area (Å²) in [4.78, 5) is 11.0. The molecular weight excluding hydrogens is 269 g/mol. The van der Waals surface area contributed by atoms with E-state index in [0.717, 1.165) is 5.56 Å². The van der Waals surface area contributed by atoms with Crippen molar-refractivity contribution in [2.75, 3.05) is 5.32 Å². The molecule has 0 aliphatic rings. The average molecular weight is 289 g/mol. The van der Waals surface area contributed by atoms with Crippen molar-refractivity contribution in [1.29, 1.82) is 0 Å². The molecule has 1 aromatic rings. The second kappa shape index (κ2) is 7.43. The molecule has 0 aliphatic carbocycles. The quantitative estimate of drug-likeness (QED) is 0.765. The molecular formula is C17H20FNO2. The molecule has 112 valence electrons. The van der Waals surface area contributed by atoms with Crippen molar-refractivity contribution in [3.63, 3.8) is 0 Å². The van der Waals surface area contributed by atoms with Crippen LogP contribution in [0.4, 0.5) is 10.1 Å². The molecule has 0 aromatic heterocycles. The Kier molecular flexibility index (Phi) is 5.91. The van der Waals surface area contributed by atoms with Crippen molar-refractivity contribution >= 4 is 11.7 Å². The Hall–Kier alpha value is -2.36. The molecule has 1 aromatic carbocycles. The van der Waals surface area contributed by atoms with E-state index in [1.54, 1.807) is 32.1 Å². The van der Waals surface area contributed by atoms with E-state index >= 15 is 0 Å². The van der Waals surface area contributed by atoms with Gasteiger partial charge in [0.2, 0.25) is 0 Å². The van der Waals surface area contributed by atoms with Gasteiger partial charge in [-0.15, -0.1) is 0 Å². The molecule has 1 rings (SSSR count). The molecule has 2 N–H and O–H groups in total. The molecule has 21 heavy (non-hydrogen) atoms. The van der Waals surface area contributed by atoms with Crippen LogP contribution >= 0.6 is 0 Å². The fraction of sp³-hybridized carbons (Fsp3) is 0.235. The number of benzene rings is 1. The van der Waals surface area contributed by atoms with Crippen LogP contribution in [0.3, 0.4) is 0 Å². The number of carbonyl (C=O) groups is 1. The lowest BCUT2D eigenvalue weighted by Crippen LogP contribution is -2.08. The first-order valence-electron chi connectivity index (χ1n) is 6.62. The van der Waals surface area contributed by atoms with Gasteiger partial charge in [-0.1, -0.05) is 30.4 Å². The van der Waals surface area contributed by atoms with Crippen LogP contribution in [0.15, 0.2) is 54.0 Å². The summed E-state index contributed by atoms with van der Waals surface area (Å²) >= 11 is 0. The minimum atomic E-state index is -0.930. The molecule has 0 bridgehead atoms. The first-order valence-corrected chi connectivity index (χ1v) is 6.62. The highest BCUT2D eigenvalue weighted by Gasteiger charge is 2.12. The molecule has 3 nitrogen and oxygen atoms in total. The summed E-state index contributed by atoms with van der Waals surface area (Å²) in [7, 11) is 0. The third-order valence-electron chi connectivity index (χ3n) is 3.05. The zero-order chi connectivity index (χ0) is 16.0. The number of nitrogens with one attached hydrogen (secondary N) is 1. The van der Waals surface area contributed by atoms with Crippen LogP contribution in [-0.2, 0) is 11.2 Å².